The van der Waals surface area contributed by atoms with Crippen molar-refractivity contribution in [3.8, 4) is 0 Å². The van der Waals surface area contributed by atoms with Gasteiger partial charge in [0.25, 0.3) is 0 Å². The van der Waals surface area contributed by atoms with Gasteiger partial charge in [-0.1, -0.05) is 24.2 Å². The summed E-state index contributed by atoms with van der Waals surface area (Å²) in [7, 11) is 0. The van der Waals surface area contributed by atoms with Gasteiger partial charge in [0.2, 0.25) is 4.96 Å². The van der Waals surface area contributed by atoms with Crippen LogP contribution in [0.2, 0.25) is 0 Å². The van der Waals surface area contributed by atoms with Crippen LogP contribution < -0.4 is 5.73 Å². The molecule has 1 aliphatic heterocycles. The average Bonchev–Trinajstić information content (AvgIpc) is 3.21. The van der Waals surface area contributed by atoms with Crippen LogP contribution in [0.4, 0.5) is 0 Å². The lowest BCUT2D eigenvalue weighted by atomic mass is 9.87. The molecule has 3 heterocycles. The number of nitrogens with zero attached hydrogens (tertiary/aromatic N) is 4. The van der Waals surface area contributed by atoms with Crippen molar-refractivity contribution in [3.05, 3.63) is 10.8 Å². The van der Waals surface area contributed by atoms with E-state index in [1.807, 2.05) is 4.52 Å². The van der Waals surface area contributed by atoms with Crippen LogP contribution in [0.1, 0.15) is 55.5 Å². The standard InChI is InChI=1S/C13H19N5OS/c14-8-13(5-1-2-6-13)11-17-18-10(9-4-3-7-19-9)15-16-12(18)20-11/h9H,1-8,14H2. The second-order valence-corrected chi connectivity index (χ2v) is 6.81. The van der Waals surface area contributed by atoms with Crippen molar-refractivity contribution < 1.29 is 4.74 Å². The molecule has 6 nitrogen and oxygen atoms in total. The second-order valence-electron chi connectivity index (χ2n) is 5.85. The summed E-state index contributed by atoms with van der Waals surface area (Å²) in [5.74, 6) is 0.852. The molecule has 1 aliphatic carbocycles. The molecule has 0 aromatic carbocycles. The van der Waals surface area contributed by atoms with Crippen LogP contribution in [-0.4, -0.2) is 33.0 Å². The highest BCUT2D eigenvalue weighted by atomic mass is 32.1. The molecule has 2 aliphatic rings. The van der Waals surface area contributed by atoms with E-state index in [0.29, 0.717) is 6.54 Å². The topological polar surface area (TPSA) is 78.3 Å². The van der Waals surface area contributed by atoms with Gasteiger partial charge >= 0.3 is 0 Å². The first kappa shape index (κ1) is 12.7. The third-order valence-corrected chi connectivity index (χ3v) is 5.78. The molecule has 108 valence electrons. The molecule has 0 bridgehead atoms. The van der Waals surface area contributed by atoms with Crippen molar-refractivity contribution in [1.29, 1.82) is 0 Å². The van der Waals surface area contributed by atoms with E-state index < -0.39 is 0 Å². The van der Waals surface area contributed by atoms with E-state index in [2.05, 4.69) is 10.2 Å². The van der Waals surface area contributed by atoms with Crippen LogP contribution in [0.15, 0.2) is 0 Å². The summed E-state index contributed by atoms with van der Waals surface area (Å²) in [6, 6.07) is 0. The lowest BCUT2D eigenvalue weighted by Gasteiger charge is -2.23. The van der Waals surface area contributed by atoms with Gasteiger partial charge in [0.1, 0.15) is 11.1 Å². The summed E-state index contributed by atoms with van der Waals surface area (Å²) >= 11 is 1.64. The zero-order chi connectivity index (χ0) is 13.6. The Balaban J connectivity index is 1.75. The summed E-state index contributed by atoms with van der Waals surface area (Å²) < 4.78 is 7.59. The van der Waals surface area contributed by atoms with Gasteiger partial charge in [-0.15, -0.1) is 10.2 Å². The molecular weight excluding hydrogens is 274 g/mol. The molecular formula is C13H19N5OS. The maximum Gasteiger partial charge on any atom is 0.234 e. The van der Waals surface area contributed by atoms with Crippen molar-refractivity contribution in [1.82, 2.24) is 19.8 Å². The number of nitrogens with two attached hydrogens (primary N) is 1. The normalized spacial score (nSPS) is 25.8. The maximum atomic E-state index is 6.05. The van der Waals surface area contributed by atoms with Crippen molar-refractivity contribution in [2.45, 2.75) is 50.0 Å². The van der Waals surface area contributed by atoms with Gasteiger partial charge in [-0.25, -0.2) is 0 Å². The third-order valence-electron chi connectivity index (χ3n) is 4.64. The van der Waals surface area contributed by atoms with Crippen LogP contribution >= 0.6 is 11.3 Å². The Hall–Kier alpha value is -1.05. The fraction of sp³-hybridized carbons (Fsp3) is 0.769. The first-order chi connectivity index (χ1) is 9.82. The molecule has 0 amide bonds. The Labute approximate surface area is 121 Å². The Morgan fingerprint density at radius 3 is 2.85 bits per heavy atom. The van der Waals surface area contributed by atoms with Gasteiger partial charge in [0.15, 0.2) is 5.82 Å². The number of fused-ring (bicyclic) bond motifs is 1. The van der Waals surface area contributed by atoms with Crippen molar-refractivity contribution >= 4 is 16.3 Å². The Bertz CT molecular complexity index is 609. The Morgan fingerprint density at radius 1 is 1.30 bits per heavy atom. The van der Waals surface area contributed by atoms with E-state index in [9.17, 15) is 0 Å². The molecule has 2 aromatic heterocycles. The van der Waals surface area contributed by atoms with Crippen LogP contribution in [0.3, 0.4) is 0 Å². The predicted molar refractivity (Wildman–Crippen MR) is 75.8 cm³/mol. The quantitative estimate of drug-likeness (QED) is 0.933. The SMILES string of the molecule is NCC1(c2nn3c(C4CCCO4)nnc3s2)CCCC1. The summed E-state index contributed by atoms with van der Waals surface area (Å²) in [6.45, 7) is 1.48. The molecule has 20 heavy (non-hydrogen) atoms. The van der Waals surface area contributed by atoms with E-state index in [1.54, 1.807) is 11.3 Å². The van der Waals surface area contributed by atoms with Crippen LogP contribution in [0.25, 0.3) is 4.96 Å². The monoisotopic (exact) mass is 293 g/mol. The van der Waals surface area contributed by atoms with E-state index in [1.165, 1.54) is 12.8 Å². The lowest BCUT2D eigenvalue weighted by Crippen LogP contribution is -2.32. The molecule has 1 saturated heterocycles. The van der Waals surface area contributed by atoms with Gasteiger partial charge in [-0.3, -0.25) is 0 Å². The summed E-state index contributed by atoms with van der Waals surface area (Å²) in [6.07, 6.45) is 6.92. The van der Waals surface area contributed by atoms with Crippen LogP contribution in [0, 0.1) is 0 Å². The van der Waals surface area contributed by atoms with E-state index in [4.69, 9.17) is 15.6 Å². The highest BCUT2D eigenvalue weighted by molar-refractivity contribution is 7.16. The minimum Gasteiger partial charge on any atom is -0.370 e. The van der Waals surface area contributed by atoms with E-state index >= 15 is 0 Å². The van der Waals surface area contributed by atoms with Gasteiger partial charge in [-0.2, -0.15) is 9.61 Å². The highest BCUT2D eigenvalue weighted by Gasteiger charge is 2.38. The smallest absolute Gasteiger partial charge is 0.234 e. The number of ether oxygens (including phenoxy) is 1. The Kier molecular flexibility index (Phi) is 3.01. The summed E-state index contributed by atoms with van der Waals surface area (Å²) in [5, 5.41) is 14.4. The van der Waals surface area contributed by atoms with E-state index in [-0.39, 0.29) is 11.5 Å². The predicted octanol–water partition coefficient (Wildman–Crippen LogP) is 1.81. The number of aromatic nitrogens is 4. The Morgan fingerprint density at radius 2 is 2.15 bits per heavy atom. The van der Waals surface area contributed by atoms with Crippen molar-refractivity contribution in [2.24, 2.45) is 5.73 Å². The molecule has 1 unspecified atom stereocenters. The zero-order valence-corrected chi connectivity index (χ0v) is 12.2. The van der Waals surface area contributed by atoms with Gasteiger partial charge < -0.3 is 10.5 Å². The summed E-state index contributed by atoms with van der Waals surface area (Å²) in [4.78, 5) is 0.866. The number of hydrogen-bond acceptors (Lipinski definition) is 6. The summed E-state index contributed by atoms with van der Waals surface area (Å²) in [5.41, 5.74) is 6.12. The molecule has 2 N–H and O–H groups in total. The molecule has 7 heteroatoms. The second kappa shape index (κ2) is 4.75. The molecule has 0 radical (unpaired) electrons. The molecule has 2 fully saturated rings. The molecule has 4 rings (SSSR count). The molecule has 1 saturated carbocycles. The van der Waals surface area contributed by atoms with Gasteiger partial charge in [0, 0.05) is 18.6 Å². The first-order valence-electron chi connectivity index (χ1n) is 7.37. The fourth-order valence-corrected chi connectivity index (χ4v) is 4.49. The fourth-order valence-electron chi connectivity index (χ4n) is 3.39. The number of hydrogen-bond donors (Lipinski definition) is 1. The van der Waals surface area contributed by atoms with Crippen molar-refractivity contribution in [2.75, 3.05) is 13.2 Å². The average molecular weight is 293 g/mol. The molecule has 0 spiro atoms. The zero-order valence-electron chi connectivity index (χ0n) is 11.4. The minimum atomic E-state index is 0.0531. The van der Waals surface area contributed by atoms with Crippen molar-refractivity contribution in [3.63, 3.8) is 0 Å². The molecule has 2 aromatic rings. The molecule has 1 atom stereocenters. The first-order valence-corrected chi connectivity index (χ1v) is 8.18. The maximum absolute atomic E-state index is 6.05. The lowest BCUT2D eigenvalue weighted by molar-refractivity contribution is 0.103. The largest absolute Gasteiger partial charge is 0.370 e. The highest BCUT2D eigenvalue weighted by Crippen LogP contribution is 2.42. The van der Waals surface area contributed by atoms with Gasteiger partial charge in [-0.05, 0) is 25.7 Å². The van der Waals surface area contributed by atoms with Crippen LogP contribution in [0.5, 0.6) is 0 Å². The number of rotatable bonds is 3. The minimum absolute atomic E-state index is 0.0531. The van der Waals surface area contributed by atoms with E-state index in [0.717, 1.165) is 48.1 Å². The van der Waals surface area contributed by atoms with Gasteiger partial charge in [0.05, 0.1) is 0 Å². The third kappa shape index (κ3) is 1.80. The van der Waals surface area contributed by atoms with Crippen LogP contribution in [-0.2, 0) is 10.2 Å².